The highest BCUT2D eigenvalue weighted by molar-refractivity contribution is 4.72. The molecule has 96 valence electrons. The monoisotopic (exact) mass is 231 g/mol. The highest BCUT2D eigenvalue weighted by Gasteiger charge is 2.18. The number of hydrogen-bond donors (Lipinski definition) is 0. The minimum absolute atomic E-state index is 0.430. The van der Waals surface area contributed by atoms with Crippen molar-refractivity contribution in [1.82, 2.24) is 4.90 Å². The predicted molar refractivity (Wildman–Crippen MR) is 63.8 cm³/mol. The first-order chi connectivity index (χ1) is 7.86. The van der Waals surface area contributed by atoms with Crippen LogP contribution in [0, 0.1) is 0 Å². The van der Waals surface area contributed by atoms with Crippen LogP contribution in [0.5, 0.6) is 0 Å². The van der Waals surface area contributed by atoms with E-state index in [9.17, 15) is 0 Å². The lowest BCUT2D eigenvalue weighted by Gasteiger charge is -2.31. The van der Waals surface area contributed by atoms with E-state index in [-0.39, 0.29) is 0 Å². The Morgan fingerprint density at radius 2 is 1.88 bits per heavy atom. The Kier molecular flexibility index (Phi) is 7.76. The van der Waals surface area contributed by atoms with Gasteiger partial charge in [-0.15, -0.1) is 0 Å². The molecule has 0 aliphatic carbocycles. The van der Waals surface area contributed by atoms with Crippen LogP contribution in [0.25, 0.3) is 0 Å². The second kappa shape index (κ2) is 8.93. The Balaban J connectivity index is 1.98. The van der Waals surface area contributed by atoms with E-state index >= 15 is 0 Å². The lowest BCUT2D eigenvalue weighted by atomic mass is 10.1. The van der Waals surface area contributed by atoms with Crippen molar-refractivity contribution in [3.63, 3.8) is 0 Å². The van der Waals surface area contributed by atoms with E-state index in [0.29, 0.717) is 6.10 Å². The molecule has 1 aliphatic heterocycles. The number of rotatable bonds is 8. The molecule has 1 heterocycles. The summed E-state index contributed by atoms with van der Waals surface area (Å²) < 4.78 is 16.1. The summed E-state index contributed by atoms with van der Waals surface area (Å²) in [5.74, 6) is 0. The van der Waals surface area contributed by atoms with Crippen LogP contribution in [-0.2, 0) is 14.2 Å². The summed E-state index contributed by atoms with van der Waals surface area (Å²) in [6, 6.07) is 0. The van der Waals surface area contributed by atoms with E-state index in [2.05, 4.69) is 4.90 Å². The lowest BCUT2D eigenvalue weighted by molar-refractivity contribution is -0.0229. The van der Waals surface area contributed by atoms with Gasteiger partial charge in [0.1, 0.15) is 0 Å². The molecule has 4 nitrogen and oxygen atoms in total. The summed E-state index contributed by atoms with van der Waals surface area (Å²) in [6.07, 6.45) is 2.70. The fraction of sp³-hybridized carbons (Fsp3) is 1.00. The highest BCUT2D eigenvalue weighted by Crippen LogP contribution is 2.13. The van der Waals surface area contributed by atoms with E-state index < -0.39 is 0 Å². The Morgan fingerprint density at radius 1 is 1.12 bits per heavy atom. The fourth-order valence-electron chi connectivity index (χ4n) is 1.94. The third-order valence-electron chi connectivity index (χ3n) is 2.93. The SMILES string of the molecule is CCOCCOC1CCN(CCOC)CC1. The second-order valence-corrected chi connectivity index (χ2v) is 4.10. The molecule has 0 amide bonds. The van der Waals surface area contributed by atoms with Gasteiger partial charge >= 0.3 is 0 Å². The van der Waals surface area contributed by atoms with Crippen molar-refractivity contribution in [1.29, 1.82) is 0 Å². The first-order valence-electron chi connectivity index (χ1n) is 6.27. The van der Waals surface area contributed by atoms with E-state index in [0.717, 1.165) is 58.9 Å². The molecule has 0 aromatic rings. The number of methoxy groups -OCH3 is 1. The molecule has 1 saturated heterocycles. The summed E-state index contributed by atoms with van der Waals surface area (Å²) in [6.45, 7) is 8.37. The maximum atomic E-state index is 5.75. The van der Waals surface area contributed by atoms with Gasteiger partial charge in [-0.2, -0.15) is 0 Å². The lowest BCUT2D eigenvalue weighted by Crippen LogP contribution is -2.39. The van der Waals surface area contributed by atoms with Crippen molar-refractivity contribution in [2.45, 2.75) is 25.9 Å². The maximum absolute atomic E-state index is 5.75. The van der Waals surface area contributed by atoms with Crippen LogP contribution in [0.15, 0.2) is 0 Å². The van der Waals surface area contributed by atoms with Gasteiger partial charge in [0.2, 0.25) is 0 Å². The molecule has 0 aromatic heterocycles. The number of piperidine rings is 1. The Bertz CT molecular complexity index is 158. The summed E-state index contributed by atoms with van der Waals surface area (Å²) in [5.41, 5.74) is 0. The highest BCUT2D eigenvalue weighted by atomic mass is 16.5. The number of nitrogens with zero attached hydrogens (tertiary/aromatic N) is 1. The van der Waals surface area contributed by atoms with E-state index in [1.165, 1.54) is 0 Å². The Labute approximate surface area is 98.8 Å². The third-order valence-corrected chi connectivity index (χ3v) is 2.93. The molecule has 4 heteroatoms. The average molecular weight is 231 g/mol. The zero-order valence-electron chi connectivity index (χ0n) is 10.6. The summed E-state index contributed by atoms with van der Waals surface area (Å²) in [5, 5.41) is 0. The van der Waals surface area contributed by atoms with Crippen LogP contribution < -0.4 is 0 Å². The molecule has 0 spiro atoms. The smallest absolute Gasteiger partial charge is 0.0704 e. The first-order valence-corrected chi connectivity index (χ1v) is 6.27. The maximum Gasteiger partial charge on any atom is 0.0704 e. The first kappa shape index (κ1) is 13.9. The minimum atomic E-state index is 0.430. The van der Waals surface area contributed by atoms with E-state index in [4.69, 9.17) is 14.2 Å². The molecule has 0 aromatic carbocycles. The van der Waals surface area contributed by atoms with Crippen LogP contribution in [0.3, 0.4) is 0 Å². The number of hydrogen-bond acceptors (Lipinski definition) is 4. The molecule has 0 bridgehead atoms. The second-order valence-electron chi connectivity index (χ2n) is 4.10. The van der Waals surface area contributed by atoms with Crippen molar-refractivity contribution in [3.05, 3.63) is 0 Å². The quantitative estimate of drug-likeness (QED) is 0.586. The van der Waals surface area contributed by atoms with Gasteiger partial charge in [-0.3, -0.25) is 0 Å². The van der Waals surface area contributed by atoms with Gasteiger partial charge in [0, 0.05) is 33.4 Å². The van der Waals surface area contributed by atoms with Crippen molar-refractivity contribution in [2.75, 3.05) is 53.2 Å². The molecule has 0 saturated carbocycles. The van der Waals surface area contributed by atoms with Crippen molar-refractivity contribution >= 4 is 0 Å². The van der Waals surface area contributed by atoms with Crippen LogP contribution in [0.2, 0.25) is 0 Å². The van der Waals surface area contributed by atoms with Gasteiger partial charge < -0.3 is 19.1 Å². The normalized spacial score (nSPS) is 19.1. The molecule has 0 N–H and O–H groups in total. The topological polar surface area (TPSA) is 30.9 Å². The van der Waals surface area contributed by atoms with Crippen molar-refractivity contribution < 1.29 is 14.2 Å². The zero-order chi connectivity index (χ0) is 11.6. The van der Waals surface area contributed by atoms with Crippen LogP contribution in [-0.4, -0.2) is 64.2 Å². The zero-order valence-corrected chi connectivity index (χ0v) is 10.6. The molecule has 0 unspecified atom stereocenters. The largest absolute Gasteiger partial charge is 0.383 e. The van der Waals surface area contributed by atoms with E-state index in [1.807, 2.05) is 6.92 Å². The van der Waals surface area contributed by atoms with Gasteiger partial charge in [0.25, 0.3) is 0 Å². The molecule has 0 radical (unpaired) electrons. The van der Waals surface area contributed by atoms with Gasteiger partial charge in [-0.1, -0.05) is 0 Å². The molecule has 1 aliphatic rings. The third kappa shape index (κ3) is 5.80. The summed E-state index contributed by atoms with van der Waals surface area (Å²) >= 11 is 0. The van der Waals surface area contributed by atoms with Crippen LogP contribution in [0.4, 0.5) is 0 Å². The van der Waals surface area contributed by atoms with Crippen molar-refractivity contribution in [2.24, 2.45) is 0 Å². The average Bonchev–Trinajstić information content (AvgIpc) is 2.33. The summed E-state index contributed by atoms with van der Waals surface area (Å²) in [4.78, 5) is 2.44. The van der Waals surface area contributed by atoms with Gasteiger partial charge in [-0.05, 0) is 19.8 Å². The van der Waals surface area contributed by atoms with Crippen molar-refractivity contribution in [3.8, 4) is 0 Å². The molecule has 0 atom stereocenters. The summed E-state index contributed by atoms with van der Waals surface area (Å²) in [7, 11) is 1.75. The molecule has 1 fully saturated rings. The fourth-order valence-corrected chi connectivity index (χ4v) is 1.94. The van der Waals surface area contributed by atoms with Crippen LogP contribution >= 0.6 is 0 Å². The predicted octanol–water partition coefficient (Wildman–Crippen LogP) is 1.15. The number of ether oxygens (including phenoxy) is 3. The molecular weight excluding hydrogens is 206 g/mol. The standard InChI is InChI=1S/C12H25NO3/c1-3-15-10-11-16-12-4-6-13(7-5-12)8-9-14-2/h12H,3-11H2,1-2H3. The number of likely N-dealkylation sites (tertiary alicyclic amines) is 1. The molecule has 16 heavy (non-hydrogen) atoms. The van der Waals surface area contributed by atoms with E-state index in [1.54, 1.807) is 7.11 Å². The van der Waals surface area contributed by atoms with Gasteiger partial charge in [0.15, 0.2) is 0 Å². The van der Waals surface area contributed by atoms with Gasteiger partial charge in [-0.25, -0.2) is 0 Å². The minimum Gasteiger partial charge on any atom is -0.383 e. The Hall–Kier alpha value is -0.160. The molecular formula is C12H25NO3. The van der Waals surface area contributed by atoms with Gasteiger partial charge in [0.05, 0.1) is 25.9 Å². The molecule has 1 rings (SSSR count). The van der Waals surface area contributed by atoms with Crippen LogP contribution in [0.1, 0.15) is 19.8 Å². The Morgan fingerprint density at radius 3 is 2.50 bits per heavy atom.